The number of likely N-dealkylation sites (tertiary alicyclic amines) is 1. The van der Waals surface area contributed by atoms with Gasteiger partial charge in [-0.1, -0.05) is 57.5 Å². The van der Waals surface area contributed by atoms with E-state index in [1.807, 2.05) is 6.08 Å². The largest absolute Gasteiger partial charge is 0.415 e. The van der Waals surface area contributed by atoms with Gasteiger partial charge in [-0.2, -0.15) is 18.4 Å². The Kier molecular flexibility index (Phi) is 8.05. The standard InChI is InChI=1S/C22H27F3N2/c1-17(16-27-14-11-21(5,10-13-26)12-15-27)6-7-18(2)19(3)8-9-20(4)22(23,24)25/h6-9H,1-4,10-12,14-16H2,5H3/b7-6-,9-8-. The SMILES string of the molecule is C=C(/C=C\C(=C)C(=C)/C=C\C(=C)C(F)(F)F)CN1CCC(C)(CC#N)CC1. The van der Waals surface area contributed by atoms with E-state index < -0.39 is 11.7 Å². The average Bonchev–Trinajstić information content (AvgIpc) is 2.58. The van der Waals surface area contributed by atoms with Gasteiger partial charge in [-0.15, -0.1) is 0 Å². The van der Waals surface area contributed by atoms with Crippen LogP contribution < -0.4 is 0 Å². The Morgan fingerprint density at radius 3 is 2.04 bits per heavy atom. The second-order valence-corrected chi connectivity index (χ2v) is 7.32. The predicted octanol–water partition coefficient (Wildman–Crippen LogP) is 5.90. The summed E-state index contributed by atoms with van der Waals surface area (Å²) in [6.07, 6.45) is 3.76. The number of allylic oxidation sites excluding steroid dienone is 6. The molecule has 146 valence electrons. The third-order valence-electron chi connectivity index (χ3n) is 4.78. The Hall–Kier alpha value is -2.32. The third-order valence-corrected chi connectivity index (χ3v) is 4.78. The van der Waals surface area contributed by atoms with Gasteiger partial charge in [0.25, 0.3) is 0 Å². The van der Waals surface area contributed by atoms with Crippen LogP contribution in [0.3, 0.4) is 0 Å². The van der Waals surface area contributed by atoms with E-state index in [2.05, 4.69) is 44.2 Å². The van der Waals surface area contributed by atoms with Crippen molar-refractivity contribution in [2.75, 3.05) is 19.6 Å². The minimum Gasteiger partial charge on any atom is -0.299 e. The van der Waals surface area contributed by atoms with Gasteiger partial charge in [0.1, 0.15) is 0 Å². The maximum Gasteiger partial charge on any atom is 0.415 e. The van der Waals surface area contributed by atoms with Crippen LogP contribution in [0.4, 0.5) is 13.2 Å². The highest BCUT2D eigenvalue weighted by Crippen LogP contribution is 2.34. The molecule has 0 atom stereocenters. The molecule has 5 heteroatoms. The summed E-state index contributed by atoms with van der Waals surface area (Å²) in [6, 6.07) is 2.26. The summed E-state index contributed by atoms with van der Waals surface area (Å²) in [5.74, 6) is 0. The molecular formula is C22H27F3N2. The second kappa shape index (κ2) is 9.57. The molecule has 0 radical (unpaired) electrons. The smallest absolute Gasteiger partial charge is 0.299 e. The minimum atomic E-state index is -4.44. The molecular weight excluding hydrogens is 349 g/mol. The lowest BCUT2D eigenvalue weighted by molar-refractivity contribution is -0.0878. The van der Waals surface area contributed by atoms with Crippen LogP contribution in [0.25, 0.3) is 0 Å². The molecule has 0 aromatic carbocycles. The Bertz CT molecular complexity index is 694. The van der Waals surface area contributed by atoms with Gasteiger partial charge in [-0.05, 0) is 48.1 Å². The van der Waals surface area contributed by atoms with Crippen molar-refractivity contribution in [3.63, 3.8) is 0 Å². The summed E-state index contributed by atoms with van der Waals surface area (Å²) < 4.78 is 37.3. The molecule has 0 unspecified atom stereocenters. The number of halogens is 3. The van der Waals surface area contributed by atoms with Crippen LogP contribution in [0, 0.1) is 16.7 Å². The van der Waals surface area contributed by atoms with Crippen molar-refractivity contribution in [3.8, 4) is 6.07 Å². The minimum absolute atomic E-state index is 0.0984. The quantitative estimate of drug-likeness (QED) is 0.493. The van der Waals surface area contributed by atoms with Crippen LogP contribution in [0.2, 0.25) is 0 Å². The molecule has 0 saturated carbocycles. The van der Waals surface area contributed by atoms with Gasteiger partial charge in [-0.3, -0.25) is 4.90 Å². The number of nitrogens with zero attached hydrogens (tertiary/aromatic N) is 2. The molecule has 0 N–H and O–H groups in total. The van der Waals surface area contributed by atoms with Crippen LogP contribution in [0.1, 0.15) is 26.2 Å². The number of hydrogen-bond acceptors (Lipinski definition) is 2. The summed E-state index contributed by atoms with van der Waals surface area (Å²) in [5, 5.41) is 8.90. The zero-order chi connectivity index (χ0) is 20.7. The van der Waals surface area contributed by atoms with Gasteiger partial charge in [-0.25, -0.2) is 0 Å². The molecule has 0 spiro atoms. The van der Waals surface area contributed by atoms with E-state index in [1.54, 1.807) is 6.08 Å². The molecule has 0 aromatic rings. The highest BCUT2D eigenvalue weighted by atomic mass is 19.4. The van der Waals surface area contributed by atoms with Gasteiger partial charge in [0.05, 0.1) is 6.07 Å². The van der Waals surface area contributed by atoms with Crippen LogP contribution in [-0.4, -0.2) is 30.7 Å². The van der Waals surface area contributed by atoms with Gasteiger partial charge in [0.15, 0.2) is 0 Å². The molecule has 1 aliphatic heterocycles. The lowest BCUT2D eigenvalue weighted by atomic mass is 9.78. The number of alkyl halides is 3. The summed E-state index contributed by atoms with van der Waals surface area (Å²) in [5.41, 5.74) is 0.952. The van der Waals surface area contributed by atoms with E-state index >= 15 is 0 Å². The van der Waals surface area contributed by atoms with Crippen molar-refractivity contribution < 1.29 is 13.2 Å². The van der Waals surface area contributed by atoms with Crippen molar-refractivity contribution in [2.45, 2.75) is 32.4 Å². The average molecular weight is 376 g/mol. The van der Waals surface area contributed by atoms with Crippen LogP contribution in [0.5, 0.6) is 0 Å². The molecule has 27 heavy (non-hydrogen) atoms. The molecule has 1 fully saturated rings. The molecule has 2 nitrogen and oxygen atoms in total. The molecule has 0 aliphatic carbocycles. The zero-order valence-corrected chi connectivity index (χ0v) is 15.9. The zero-order valence-electron chi connectivity index (χ0n) is 15.9. The number of piperidine rings is 1. The molecule has 1 aliphatic rings. The fourth-order valence-electron chi connectivity index (χ4n) is 2.69. The summed E-state index contributed by atoms with van der Waals surface area (Å²) in [4.78, 5) is 2.29. The van der Waals surface area contributed by atoms with E-state index in [0.717, 1.165) is 37.6 Å². The molecule has 0 aromatic heterocycles. The van der Waals surface area contributed by atoms with Gasteiger partial charge < -0.3 is 0 Å². The first-order valence-corrected chi connectivity index (χ1v) is 8.74. The Balaban J connectivity index is 2.48. The van der Waals surface area contributed by atoms with Crippen LogP contribution >= 0.6 is 0 Å². The Morgan fingerprint density at radius 2 is 1.56 bits per heavy atom. The van der Waals surface area contributed by atoms with Crippen molar-refractivity contribution in [2.24, 2.45) is 5.41 Å². The van der Waals surface area contributed by atoms with Crippen molar-refractivity contribution in [3.05, 3.63) is 72.9 Å². The van der Waals surface area contributed by atoms with E-state index in [-0.39, 0.29) is 5.41 Å². The van der Waals surface area contributed by atoms with E-state index in [0.29, 0.717) is 24.1 Å². The third kappa shape index (κ3) is 7.84. The first kappa shape index (κ1) is 22.7. The lowest BCUT2D eigenvalue weighted by Crippen LogP contribution is -2.39. The monoisotopic (exact) mass is 376 g/mol. The second-order valence-electron chi connectivity index (χ2n) is 7.32. The van der Waals surface area contributed by atoms with E-state index in [4.69, 9.17) is 5.26 Å². The molecule has 1 heterocycles. The topological polar surface area (TPSA) is 27.0 Å². The maximum atomic E-state index is 12.4. The first-order chi connectivity index (χ1) is 12.5. The molecule has 1 rings (SSSR count). The van der Waals surface area contributed by atoms with E-state index in [9.17, 15) is 13.2 Å². The summed E-state index contributed by atoms with van der Waals surface area (Å²) in [7, 11) is 0. The predicted molar refractivity (Wildman–Crippen MR) is 105 cm³/mol. The van der Waals surface area contributed by atoms with Crippen LogP contribution in [0.15, 0.2) is 72.9 Å². The number of rotatable bonds is 8. The number of nitriles is 1. The lowest BCUT2D eigenvalue weighted by Gasteiger charge is -2.38. The fourth-order valence-corrected chi connectivity index (χ4v) is 2.69. The summed E-state index contributed by atoms with van der Waals surface area (Å²) in [6.45, 7) is 19.2. The fraction of sp³-hybridized carbons (Fsp3) is 0.409. The van der Waals surface area contributed by atoms with E-state index in [1.165, 1.54) is 6.08 Å². The highest BCUT2D eigenvalue weighted by Gasteiger charge is 2.30. The highest BCUT2D eigenvalue weighted by molar-refractivity contribution is 5.45. The van der Waals surface area contributed by atoms with Crippen LogP contribution in [-0.2, 0) is 0 Å². The van der Waals surface area contributed by atoms with Gasteiger partial charge >= 0.3 is 6.18 Å². The normalized spacial score (nSPS) is 17.7. The van der Waals surface area contributed by atoms with Gasteiger partial charge in [0, 0.05) is 18.5 Å². The maximum absolute atomic E-state index is 12.4. The Morgan fingerprint density at radius 1 is 1.04 bits per heavy atom. The molecule has 0 bridgehead atoms. The number of hydrogen-bond donors (Lipinski definition) is 0. The summed E-state index contributed by atoms with van der Waals surface area (Å²) >= 11 is 0. The van der Waals surface area contributed by atoms with Crippen molar-refractivity contribution >= 4 is 0 Å². The molecule has 0 amide bonds. The molecule has 1 saturated heterocycles. The van der Waals surface area contributed by atoms with Gasteiger partial charge in [0.2, 0.25) is 0 Å². The van der Waals surface area contributed by atoms with Crippen molar-refractivity contribution in [1.82, 2.24) is 4.90 Å². The first-order valence-electron chi connectivity index (χ1n) is 8.74. The Labute approximate surface area is 160 Å². The van der Waals surface area contributed by atoms with Crippen molar-refractivity contribution in [1.29, 1.82) is 5.26 Å².